The molecule has 0 aromatic heterocycles. The Balaban J connectivity index is 2.33. The van der Waals surface area contributed by atoms with E-state index in [-0.39, 0.29) is 18.3 Å². The van der Waals surface area contributed by atoms with E-state index in [0.29, 0.717) is 5.56 Å². The first-order valence-electron chi connectivity index (χ1n) is 6.17. The lowest BCUT2D eigenvalue weighted by atomic mass is 9.93. The van der Waals surface area contributed by atoms with Crippen LogP contribution in [0, 0.1) is 13.8 Å². The molecule has 0 spiro atoms. The molecule has 0 aliphatic carbocycles. The quantitative estimate of drug-likeness (QED) is 0.733. The van der Waals surface area contributed by atoms with Gasteiger partial charge in [-0.3, -0.25) is 0 Å². The fourth-order valence-electron chi connectivity index (χ4n) is 2.39. The van der Waals surface area contributed by atoms with E-state index >= 15 is 0 Å². The van der Waals surface area contributed by atoms with E-state index in [4.69, 9.17) is 4.74 Å². The molecule has 0 amide bonds. The van der Waals surface area contributed by atoms with Crippen LogP contribution < -0.4 is 0 Å². The highest BCUT2D eigenvalue weighted by Crippen LogP contribution is 2.34. The lowest BCUT2D eigenvalue weighted by Crippen LogP contribution is -2.04. The van der Waals surface area contributed by atoms with Crippen molar-refractivity contribution in [2.45, 2.75) is 20.5 Å². The number of carbonyl (C=O) groups is 1. The maximum absolute atomic E-state index is 12.0. The fraction of sp³-hybridized carbons (Fsp3) is 0.188. The summed E-state index contributed by atoms with van der Waals surface area (Å²) in [7, 11) is 0. The van der Waals surface area contributed by atoms with Gasteiger partial charge in [0.25, 0.3) is 0 Å². The minimum Gasteiger partial charge on any atom is -0.508 e. The summed E-state index contributed by atoms with van der Waals surface area (Å²) in [5.74, 6) is -0.129. The molecular formula is C16H14O3. The molecular weight excluding hydrogens is 240 g/mol. The van der Waals surface area contributed by atoms with Crippen molar-refractivity contribution in [1.82, 2.24) is 0 Å². The van der Waals surface area contributed by atoms with E-state index < -0.39 is 0 Å². The Morgan fingerprint density at radius 1 is 1.00 bits per heavy atom. The number of carbonyl (C=O) groups excluding carboxylic acids is 1. The van der Waals surface area contributed by atoms with Gasteiger partial charge >= 0.3 is 5.97 Å². The number of ether oxygens (including phenoxy) is 1. The first-order chi connectivity index (χ1) is 9.06. The van der Waals surface area contributed by atoms with Gasteiger partial charge in [0.15, 0.2) is 0 Å². The number of fused-ring (bicyclic) bond motifs is 3. The van der Waals surface area contributed by atoms with E-state index in [2.05, 4.69) is 0 Å². The van der Waals surface area contributed by atoms with Crippen LogP contribution in [0.5, 0.6) is 5.75 Å². The Kier molecular flexibility index (Phi) is 2.56. The average Bonchev–Trinajstić information content (AvgIpc) is 2.50. The third-order valence-electron chi connectivity index (χ3n) is 3.59. The van der Waals surface area contributed by atoms with Crippen molar-refractivity contribution in [3.05, 3.63) is 52.6 Å². The van der Waals surface area contributed by atoms with Crippen molar-refractivity contribution < 1.29 is 14.6 Å². The molecule has 2 aromatic carbocycles. The third kappa shape index (κ3) is 1.87. The zero-order valence-electron chi connectivity index (χ0n) is 10.9. The highest BCUT2D eigenvalue weighted by Gasteiger charge is 2.22. The van der Waals surface area contributed by atoms with E-state index in [1.807, 2.05) is 32.0 Å². The number of aryl methyl sites for hydroxylation is 2. The molecule has 0 saturated carbocycles. The van der Waals surface area contributed by atoms with Gasteiger partial charge in [0.05, 0.1) is 5.56 Å². The summed E-state index contributed by atoms with van der Waals surface area (Å²) in [5.41, 5.74) is 5.44. The molecule has 1 aliphatic heterocycles. The molecule has 1 heterocycles. The summed E-state index contributed by atoms with van der Waals surface area (Å²) in [6.07, 6.45) is 0. The van der Waals surface area contributed by atoms with Crippen molar-refractivity contribution in [2.24, 2.45) is 0 Å². The first kappa shape index (κ1) is 11.8. The van der Waals surface area contributed by atoms with E-state index in [1.165, 1.54) is 0 Å². The Labute approximate surface area is 111 Å². The number of hydrogen-bond acceptors (Lipinski definition) is 3. The van der Waals surface area contributed by atoms with Crippen molar-refractivity contribution in [2.75, 3.05) is 0 Å². The number of aromatic hydroxyl groups is 1. The number of phenols is 1. The molecule has 1 aliphatic rings. The maximum Gasteiger partial charge on any atom is 0.339 e. The molecule has 0 fully saturated rings. The maximum atomic E-state index is 12.0. The first-order valence-corrected chi connectivity index (χ1v) is 6.17. The molecule has 3 nitrogen and oxygen atoms in total. The van der Waals surface area contributed by atoms with Crippen LogP contribution in [0.1, 0.15) is 27.0 Å². The highest BCUT2D eigenvalue weighted by atomic mass is 16.5. The molecule has 96 valence electrons. The Bertz CT molecular complexity index is 687. The zero-order chi connectivity index (χ0) is 13.6. The minimum absolute atomic E-state index is 0.182. The number of rotatable bonds is 0. The van der Waals surface area contributed by atoms with Crippen LogP contribution >= 0.6 is 0 Å². The van der Waals surface area contributed by atoms with Crippen LogP contribution in [-0.4, -0.2) is 11.1 Å². The van der Waals surface area contributed by atoms with Crippen LogP contribution in [0.4, 0.5) is 0 Å². The molecule has 3 heteroatoms. The van der Waals surface area contributed by atoms with Gasteiger partial charge in [-0.15, -0.1) is 0 Å². The second-order valence-corrected chi connectivity index (χ2v) is 4.90. The number of cyclic esters (lactones) is 1. The Hall–Kier alpha value is -2.29. The lowest BCUT2D eigenvalue weighted by molar-refractivity contribution is 0.0478. The largest absolute Gasteiger partial charge is 0.508 e. The molecule has 0 radical (unpaired) electrons. The van der Waals surface area contributed by atoms with Gasteiger partial charge in [-0.2, -0.15) is 0 Å². The third-order valence-corrected chi connectivity index (χ3v) is 3.59. The second kappa shape index (κ2) is 4.12. The van der Waals surface area contributed by atoms with Crippen molar-refractivity contribution in [3.63, 3.8) is 0 Å². The number of benzene rings is 2. The summed E-state index contributed by atoms with van der Waals surface area (Å²) in [6, 6.07) is 8.99. The molecule has 1 N–H and O–H groups in total. The molecule has 2 aromatic rings. The van der Waals surface area contributed by atoms with E-state index in [9.17, 15) is 9.90 Å². The van der Waals surface area contributed by atoms with Crippen molar-refractivity contribution in [1.29, 1.82) is 0 Å². The fourth-order valence-corrected chi connectivity index (χ4v) is 2.39. The predicted molar refractivity (Wildman–Crippen MR) is 72.1 cm³/mol. The summed E-state index contributed by atoms with van der Waals surface area (Å²) in [5, 5.41) is 9.55. The second-order valence-electron chi connectivity index (χ2n) is 4.90. The monoisotopic (exact) mass is 254 g/mol. The molecule has 0 atom stereocenters. The van der Waals surface area contributed by atoms with Crippen LogP contribution in [-0.2, 0) is 11.3 Å². The summed E-state index contributed by atoms with van der Waals surface area (Å²) < 4.78 is 5.26. The van der Waals surface area contributed by atoms with Gasteiger partial charge in [-0.05, 0) is 54.3 Å². The normalized spacial score (nSPS) is 13.3. The van der Waals surface area contributed by atoms with Crippen LogP contribution in [0.2, 0.25) is 0 Å². The van der Waals surface area contributed by atoms with Gasteiger partial charge < -0.3 is 9.84 Å². The zero-order valence-corrected chi connectivity index (χ0v) is 10.9. The number of esters is 1. The molecule has 0 bridgehead atoms. The van der Waals surface area contributed by atoms with Crippen LogP contribution in [0.15, 0.2) is 30.3 Å². The van der Waals surface area contributed by atoms with E-state index in [1.54, 1.807) is 12.1 Å². The number of phenolic OH excluding ortho intramolecular Hbond substituents is 1. The van der Waals surface area contributed by atoms with Gasteiger partial charge in [0.1, 0.15) is 12.4 Å². The average molecular weight is 254 g/mol. The summed E-state index contributed by atoms with van der Waals surface area (Å²) in [4.78, 5) is 12.0. The lowest BCUT2D eigenvalue weighted by Gasteiger charge is -2.10. The predicted octanol–water partition coefficient (Wildman–Crippen LogP) is 3.35. The standard InChI is InChI=1S/C16H14O3/c1-9-5-14-13-4-3-12(17)7-11(13)8-19-16(18)15(14)6-10(9)2/h3-7,17H,8H2,1-2H3. The SMILES string of the molecule is Cc1cc2c(cc1C)-c1ccc(O)cc1COC2=O. The van der Waals surface area contributed by atoms with Gasteiger partial charge in [0, 0.05) is 5.56 Å². The van der Waals surface area contributed by atoms with Gasteiger partial charge in [-0.1, -0.05) is 12.1 Å². The summed E-state index contributed by atoms with van der Waals surface area (Å²) >= 11 is 0. The number of hydrogen-bond donors (Lipinski definition) is 1. The van der Waals surface area contributed by atoms with Crippen LogP contribution in [0.25, 0.3) is 11.1 Å². The molecule has 0 unspecified atom stereocenters. The van der Waals surface area contributed by atoms with Crippen LogP contribution in [0.3, 0.4) is 0 Å². The topological polar surface area (TPSA) is 46.5 Å². The molecule has 19 heavy (non-hydrogen) atoms. The molecule has 0 saturated heterocycles. The van der Waals surface area contributed by atoms with Crippen molar-refractivity contribution >= 4 is 5.97 Å². The summed E-state index contributed by atoms with van der Waals surface area (Å²) in [6.45, 7) is 4.19. The molecule has 3 rings (SSSR count). The Morgan fingerprint density at radius 2 is 1.68 bits per heavy atom. The van der Waals surface area contributed by atoms with Crippen molar-refractivity contribution in [3.8, 4) is 16.9 Å². The highest BCUT2D eigenvalue weighted by molar-refractivity contribution is 5.99. The Morgan fingerprint density at radius 3 is 2.42 bits per heavy atom. The van der Waals surface area contributed by atoms with Gasteiger partial charge in [-0.25, -0.2) is 4.79 Å². The minimum atomic E-state index is -0.311. The van der Waals surface area contributed by atoms with Gasteiger partial charge in [0.2, 0.25) is 0 Å². The smallest absolute Gasteiger partial charge is 0.339 e. The van der Waals surface area contributed by atoms with E-state index in [0.717, 1.165) is 27.8 Å².